The van der Waals surface area contributed by atoms with Gasteiger partial charge in [-0.25, -0.2) is 18.4 Å². The Morgan fingerprint density at radius 3 is 2.50 bits per heavy atom. The highest BCUT2D eigenvalue weighted by atomic mass is 32.2. The molecule has 1 aliphatic rings. The molecule has 0 fully saturated rings. The van der Waals surface area contributed by atoms with Gasteiger partial charge in [-0.15, -0.1) is 11.3 Å². The van der Waals surface area contributed by atoms with Crippen molar-refractivity contribution in [2.24, 2.45) is 5.14 Å². The van der Waals surface area contributed by atoms with Crippen molar-refractivity contribution in [3.63, 3.8) is 0 Å². The fraction of sp³-hybridized carbons (Fsp3) is 0.200. The molecule has 0 unspecified atom stereocenters. The zero-order valence-corrected chi connectivity index (χ0v) is 14.0. The van der Waals surface area contributed by atoms with Crippen LogP contribution in [0.15, 0.2) is 39.9 Å². The zero-order chi connectivity index (χ0) is 17.5. The minimum Gasteiger partial charge on any atom is -0.480 e. The Bertz CT molecular complexity index is 919. The van der Waals surface area contributed by atoms with Gasteiger partial charge in [0.05, 0.1) is 5.56 Å². The van der Waals surface area contributed by atoms with E-state index in [9.17, 15) is 23.1 Å². The fourth-order valence-corrected chi connectivity index (χ4v) is 4.28. The lowest BCUT2D eigenvalue weighted by Gasteiger charge is -2.34. The number of amides is 1. The minimum atomic E-state index is -3.89. The van der Waals surface area contributed by atoms with Gasteiger partial charge in [-0.05, 0) is 17.2 Å². The van der Waals surface area contributed by atoms with Crippen LogP contribution in [0.1, 0.15) is 21.5 Å². The van der Waals surface area contributed by atoms with E-state index in [0.717, 1.165) is 22.5 Å². The number of aliphatic carboxylic acids is 1. The van der Waals surface area contributed by atoms with E-state index in [1.54, 1.807) is 0 Å². The molecule has 3 N–H and O–H groups in total. The van der Waals surface area contributed by atoms with Gasteiger partial charge in [0.1, 0.15) is 10.3 Å². The molecule has 2 heterocycles. The summed E-state index contributed by atoms with van der Waals surface area (Å²) in [6.07, 6.45) is 0.212. The standard InChI is InChI=1S/C15H14N2O5S2/c16-24(21,22)13-6-11(8-23-13)14(18)17-7-10-4-2-1-3-9(10)5-12(17)15(19)20/h1-4,6,8,12H,5,7H2,(H,19,20)(H2,16,21,22)/t12-/m0/s1. The molecule has 2 aromatic rings. The van der Waals surface area contributed by atoms with Crippen LogP contribution < -0.4 is 5.14 Å². The number of rotatable bonds is 3. The summed E-state index contributed by atoms with van der Waals surface area (Å²) in [5.41, 5.74) is 1.89. The normalized spacial score (nSPS) is 17.4. The summed E-state index contributed by atoms with van der Waals surface area (Å²) in [4.78, 5) is 25.5. The van der Waals surface area contributed by atoms with Crippen LogP contribution in [0.5, 0.6) is 0 Å². The van der Waals surface area contributed by atoms with Gasteiger partial charge in [0, 0.05) is 18.3 Å². The Morgan fingerprint density at radius 2 is 1.92 bits per heavy atom. The Balaban J connectivity index is 1.95. The summed E-state index contributed by atoms with van der Waals surface area (Å²) in [5, 5.41) is 15.9. The summed E-state index contributed by atoms with van der Waals surface area (Å²) in [5.74, 6) is -1.62. The second-order valence-electron chi connectivity index (χ2n) is 5.46. The maximum Gasteiger partial charge on any atom is 0.326 e. The van der Waals surface area contributed by atoms with E-state index in [-0.39, 0.29) is 22.7 Å². The van der Waals surface area contributed by atoms with Gasteiger partial charge in [-0.1, -0.05) is 24.3 Å². The third-order valence-corrected chi connectivity index (χ3v) is 6.28. The summed E-state index contributed by atoms with van der Waals surface area (Å²) in [6, 6.07) is 7.53. The van der Waals surface area contributed by atoms with Crippen LogP contribution in [0.4, 0.5) is 0 Å². The van der Waals surface area contributed by atoms with E-state index in [0.29, 0.717) is 0 Å². The van der Waals surface area contributed by atoms with Gasteiger partial charge >= 0.3 is 5.97 Å². The number of carboxylic acids is 1. The molecule has 1 amide bonds. The number of benzene rings is 1. The van der Waals surface area contributed by atoms with Crippen molar-refractivity contribution in [1.29, 1.82) is 0 Å². The lowest BCUT2D eigenvalue weighted by molar-refractivity contribution is -0.142. The third kappa shape index (κ3) is 3.05. The van der Waals surface area contributed by atoms with Crippen LogP contribution in [0.2, 0.25) is 0 Å². The number of nitrogens with two attached hydrogens (primary N) is 1. The van der Waals surface area contributed by atoms with Gasteiger partial charge in [-0.3, -0.25) is 4.79 Å². The monoisotopic (exact) mass is 366 g/mol. The first-order valence-corrected chi connectivity index (χ1v) is 9.42. The number of carboxylic acid groups (broad SMARTS) is 1. The molecule has 0 saturated carbocycles. The van der Waals surface area contributed by atoms with E-state index in [2.05, 4.69) is 0 Å². The molecule has 24 heavy (non-hydrogen) atoms. The average molecular weight is 366 g/mol. The predicted octanol–water partition coefficient (Wildman–Crippen LogP) is 1.05. The Morgan fingerprint density at radius 1 is 1.25 bits per heavy atom. The first-order chi connectivity index (χ1) is 11.3. The molecule has 1 aromatic carbocycles. The molecule has 1 atom stereocenters. The molecule has 9 heteroatoms. The highest BCUT2D eigenvalue weighted by Gasteiger charge is 2.35. The SMILES string of the molecule is NS(=O)(=O)c1cc(C(=O)N2Cc3ccccc3C[C@H]2C(=O)O)cs1. The van der Waals surface area contributed by atoms with Crippen LogP contribution in [0.3, 0.4) is 0 Å². The largest absolute Gasteiger partial charge is 0.480 e. The number of sulfonamides is 1. The molecule has 0 spiro atoms. The second-order valence-corrected chi connectivity index (χ2v) is 8.16. The molecule has 0 aliphatic carbocycles. The maximum absolute atomic E-state index is 12.7. The lowest BCUT2D eigenvalue weighted by atomic mass is 9.93. The van der Waals surface area contributed by atoms with E-state index in [1.807, 2.05) is 24.3 Å². The number of carbonyl (C=O) groups excluding carboxylic acids is 1. The van der Waals surface area contributed by atoms with E-state index >= 15 is 0 Å². The van der Waals surface area contributed by atoms with Crippen LogP contribution in [0.25, 0.3) is 0 Å². The van der Waals surface area contributed by atoms with Crippen LogP contribution >= 0.6 is 11.3 Å². The van der Waals surface area contributed by atoms with Gasteiger partial charge in [0.15, 0.2) is 0 Å². The summed E-state index contributed by atoms with van der Waals surface area (Å²) >= 11 is 0.836. The van der Waals surface area contributed by atoms with Crippen molar-refractivity contribution in [2.45, 2.75) is 23.2 Å². The maximum atomic E-state index is 12.7. The highest BCUT2D eigenvalue weighted by molar-refractivity contribution is 7.91. The first kappa shape index (κ1) is 16.6. The Hall–Kier alpha value is -2.23. The quantitative estimate of drug-likeness (QED) is 0.842. The Labute approximate surface area is 142 Å². The molecule has 0 bridgehead atoms. The van der Waals surface area contributed by atoms with Crippen molar-refractivity contribution in [3.8, 4) is 0 Å². The lowest BCUT2D eigenvalue weighted by Crippen LogP contribution is -2.48. The molecule has 7 nitrogen and oxygen atoms in total. The van der Waals surface area contributed by atoms with Crippen molar-refractivity contribution < 1.29 is 23.1 Å². The summed E-state index contributed by atoms with van der Waals surface area (Å²) in [7, 11) is -3.89. The minimum absolute atomic E-state index is 0.120. The van der Waals surface area contributed by atoms with E-state index < -0.39 is 27.9 Å². The van der Waals surface area contributed by atoms with Crippen molar-refractivity contribution in [3.05, 3.63) is 52.4 Å². The highest BCUT2D eigenvalue weighted by Crippen LogP contribution is 2.27. The Kier molecular flexibility index (Phi) is 4.16. The smallest absolute Gasteiger partial charge is 0.326 e. The van der Waals surface area contributed by atoms with Crippen LogP contribution in [-0.2, 0) is 27.8 Å². The molecular weight excluding hydrogens is 352 g/mol. The fourth-order valence-electron chi connectivity index (χ4n) is 2.70. The first-order valence-electron chi connectivity index (χ1n) is 6.99. The summed E-state index contributed by atoms with van der Waals surface area (Å²) in [6.45, 7) is 0.159. The van der Waals surface area contributed by atoms with E-state index in [1.165, 1.54) is 16.3 Å². The molecule has 1 aliphatic heterocycles. The van der Waals surface area contributed by atoms with Gasteiger partial charge in [0.25, 0.3) is 5.91 Å². The molecule has 3 rings (SSSR count). The molecule has 0 saturated heterocycles. The van der Waals surface area contributed by atoms with Crippen LogP contribution in [0, 0.1) is 0 Å². The third-order valence-electron chi connectivity index (χ3n) is 3.90. The second kappa shape index (κ2) is 6.00. The number of primary sulfonamides is 1. The number of carbonyl (C=O) groups is 2. The molecule has 126 valence electrons. The zero-order valence-electron chi connectivity index (χ0n) is 12.4. The number of fused-ring (bicyclic) bond motifs is 1. The van der Waals surface area contributed by atoms with Crippen molar-refractivity contribution in [1.82, 2.24) is 4.90 Å². The predicted molar refractivity (Wildman–Crippen MR) is 87.1 cm³/mol. The van der Waals surface area contributed by atoms with Gasteiger partial charge in [-0.2, -0.15) is 0 Å². The van der Waals surface area contributed by atoms with Crippen molar-refractivity contribution >= 4 is 33.2 Å². The number of thiophene rings is 1. The van der Waals surface area contributed by atoms with Crippen molar-refractivity contribution in [2.75, 3.05) is 0 Å². The molecule has 1 aromatic heterocycles. The van der Waals surface area contributed by atoms with E-state index in [4.69, 9.17) is 5.14 Å². The average Bonchev–Trinajstić information content (AvgIpc) is 3.03. The van der Waals surface area contributed by atoms with Gasteiger partial charge < -0.3 is 10.0 Å². The number of hydrogen-bond acceptors (Lipinski definition) is 5. The number of hydrogen-bond donors (Lipinski definition) is 2. The van der Waals surface area contributed by atoms with Gasteiger partial charge in [0.2, 0.25) is 10.0 Å². The number of nitrogens with zero attached hydrogens (tertiary/aromatic N) is 1. The summed E-state index contributed by atoms with van der Waals surface area (Å²) < 4.78 is 22.6. The molecule has 0 radical (unpaired) electrons. The van der Waals surface area contributed by atoms with Crippen LogP contribution in [-0.4, -0.2) is 36.3 Å². The molecular formula is C15H14N2O5S2. The topological polar surface area (TPSA) is 118 Å².